The van der Waals surface area contributed by atoms with E-state index in [2.05, 4.69) is 5.32 Å². The third-order valence-electron chi connectivity index (χ3n) is 2.81. The van der Waals surface area contributed by atoms with Crippen molar-refractivity contribution in [2.24, 2.45) is 0 Å². The van der Waals surface area contributed by atoms with Crippen LogP contribution in [0, 0.1) is 0 Å². The fourth-order valence-electron chi connectivity index (χ4n) is 1.52. The second kappa shape index (κ2) is 6.61. The molecule has 0 aromatic heterocycles. The molecule has 0 fully saturated rings. The van der Waals surface area contributed by atoms with Crippen molar-refractivity contribution in [2.45, 2.75) is 32.4 Å². The highest BCUT2D eigenvalue weighted by Crippen LogP contribution is 2.27. The van der Waals surface area contributed by atoms with E-state index in [9.17, 15) is 9.90 Å². The Kier molecular flexibility index (Phi) is 5.44. The predicted octanol–water partition coefficient (Wildman–Crippen LogP) is 2.65. The molecule has 0 spiro atoms. The van der Waals surface area contributed by atoms with Gasteiger partial charge in [0.05, 0.1) is 12.1 Å². The number of carbonyl (C=O) groups is 1. The van der Waals surface area contributed by atoms with Crippen LogP contribution in [0.15, 0.2) is 18.2 Å². The van der Waals surface area contributed by atoms with E-state index < -0.39 is 6.04 Å². The van der Waals surface area contributed by atoms with E-state index in [1.54, 1.807) is 12.1 Å². The lowest BCUT2D eigenvalue weighted by Gasteiger charge is -2.21. The average Bonchev–Trinajstić information content (AvgIpc) is 2.38. The van der Waals surface area contributed by atoms with Crippen molar-refractivity contribution in [3.8, 4) is 5.75 Å². The summed E-state index contributed by atoms with van der Waals surface area (Å²) < 4.78 is 4.78. The molecule has 1 aromatic carbocycles. The van der Waals surface area contributed by atoms with Crippen molar-refractivity contribution >= 4 is 17.6 Å². The van der Waals surface area contributed by atoms with E-state index in [0.717, 1.165) is 6.42 Å². The number of phenols is 1. The van der Waals surface area contributed by atoms with Crippen LogP contribution in [0.4, 0.5) is 0 Å². The van der Waals surface area contributed by atoms with Gasteiger partial charge in [0.15, 0.2) is 0 Å². The molecular formula is C13H18ClNO3. The molecule has 5 heteroatoms. The van der Waals surface area contributed by atoms with Crippen LogP contribution in [0.25, 0.3) is 0 Å². The van der Waals surface area contributed by atoms with Crippen molar-refractivity contribution in [3.63, 3.8) is 0 Å². The predicted molar refractivity (Wildman–Crippen MR) is 70.8 cm³/mol. The minimum absolute atomic E-state index is 0.00688. The lowest BCUT2D eigenvalue weighted by atomic mass is 10.1. The molecule has 2 N–H and O–H groups in total. The van der Waals surface area contributed by atoms with Crippen molar-refractivity contribution < 1.29 is 14.6 Å². The first-order chi connectivity index (χ1) is 8.49. The van der Waals surface area contributed by atoms with Crippen molar-refractivity contribution in [1.82, 2.24) is 5.32 Å². The molecule has 0 aliphatic heterocycles. The van der Waals surface area contributed by atoms with Gasteiger partial charge in [0.25, 0.3) is 0 Å². The van der Waals surface area contributed by atoms with Crippen molar-refractivity contribution in [1.29, 1.82) is 0 Å². The van der Waals surface area contributed by atoms with Crippen molar-refractivity contribution in [3.05, 3.63) is 28.8 Å². The van der Waals surface area contributed by atoms with Gasteiger partial charge in [-0.05, 0) is 31.0 Å². The Hall–Kier alpha value is -1.26. The second-order valence-corrected chi connectivity index (χ2v) is 4.55. The summed E-state index contributed by atoms with van der Waals surface area (Å²) in [5.41, 5.74) is 0.671. The first-order valence-electron chi connectivity index (χ1n) is 5.81. The van der Waals surface area contributed by atoms with Crippen LogP contribution in [0.5, 0.6) is 5.75 Å². The zero-order chi connectivity index (χ0) is 13.7. The van der Waals surface area contributed by atoms with Crippen LogP contribution in [0.2, 0.25) is 5.02 Å². The molecule has 1 aromatic rings. The average molecular weight is 272 g/mol. The summed E-state index contributed by atoms with van der Waals surface area (Å²) in [6.07, 6.45) is 0.888. The largest absolute Gasteiger partial charge is 0.506 e. The number of nitrogens with one attached hydrogen (secondary N) is 1. The smallest absolute Gasteiger partial charge is 0.327 e. The number of ether oxygens (including phenoxy) is 1. The molecule has 0 amide bonds. The Morgan fingerprint density at radius 2 is 2.22 bits per heavy atom. The minimum Gasteiger partial charge on any atom is -0.506 e. The number of hydrogen-bond donors (Lipinski definition) is 2. The number of halogens is 1. The van der Waals surface area contributed by atoms with Crippen LogP contribution in [-0.4, -0.2) is 24.2 Å². The molecule has 0 aliphatic rings. The number of benzene rings is 1. The SMILES string of the molecule is CCC(C)NC(C(=O)OC)c1ccc(O)c(Cl)c1. The Balaban J connectivity index is 3.01. The minimum atomic E-state index is -0.581. The van der Waals surface area contributed by atoms with Gasteiger partial charge in [0.1, 0.15) is 11.8 Å². The highest BCUT2D eigenvalue weighted by molar-refractivity contribution is 6.32. The standard InChI is InChI=1S/C13H18ClNO3/c1-4-8(2)15-12(13(17)18-3)9-5-6-11(16)10(14)7-9/h5-8,12,15-16H,4H2,1-3H3. The molecule has 0 aliphatic carbocycles. The summed E-state index contributed by atoms with van der Waals surface area (Å²) >= 11 is 5.85. The molecule has 100 valence electrons. The number of esters is 1. The van der Waals surface area contributed by atoms with Gasteiger partial charge in [-0.25, -0.2) is 4.79 Å². The lowest BCUT2D eigenvalue weighted by Crippen LogP contribution is -2.35. The molecule has 0 radical (unpaired) electrons. The Morgan fingerprint density at radius 1 is 1.56 bits per heavy atom. The third kappa shape index (κ3) is 3.62. The molecular weight excluding hydrogens is 254 g/mol. The second-order valence-electron chi connectivity index (χ2n) is 4.14. The van der Waals surface area contributed by atoms with Gasteiger partial charge in [-0.3, -0.25) is 5.32 Å². The number of aromatic hydroxyl groups is 1. The number of hydrogen-bond acceptors (Lipinski definition) is 4. The summed E-state index contributed by atoms with van der Waals surface area (Å²) in [7, 11) is 1.34. The van der Waals surface area contributed by atoms with Crippen molar-refractivity contribution in [2.75, 3.05) is 7.11 Å². The molecule has 18 heavy (non-hydrogen) atoms. The summed E-state index contributed by atoms with van der Waals surface area (Å²) in [4.78, 5) is 11.8. The molecule has 0 heterocycles. The monoisotopic (exact) mass is 271 g/mol. The Morgan fingerprint density at radius 3 is 2.72 bits per heavy atom. The van der Waals surface area contributed by atoms with E-state index in [1.807, 2.05) is 13.8 Å². The molecule has 0 bridgehead atoms. The summed E-state index contributed by atoms with van der Waals surface area (Å²) in [6, 6.07) is 4.27. The first-order valence-corrected chi connectivity index (χ1v) is 6.19. The van der Waals surface area contributed by atoms with Gasteiger partial charge < -0.3 is 9.84 Å². The molecule has 1 rings (SSSR count). The zero-order valence-electron chi connectivity index (χ0n) is 10.7. The Labute approximate surface area is 112 Å². The quantitative estimate of drug-likeness (QED) is 0.809. The zero-order valence-corrected chi connectivity index (χ0v) is 11.5. The maximum Gasteiger partial charge on any atom is 0.327 e. The van der Waals surface area contributed by atoms with Crippen LogP contribution in [0.3, 0.4) is 0 Å². The molecule has 2 unspecified atom stereocenters. The molecule has 2 atom stereocenters. The van der Waals surface area contributed by atoms with E-state index in [-0.39, 0.29) is 22.8 Å². The molecule has 0 saturated carbocycles. The number of carbonyl (C=O) groups excluding carboxylic acids is 1. The van der Waals surface area contributed by atoms with Crippen LogP contribution < -0.4 is 5.32 Å². The van der Waals surface area contributed by atoms with Crippen LogP contribution in [-0.2, 0) is 9.53 Å². The Bertz CT molecular complexity index is 423. The van der Waals surface area contributed by atoms with Crippen LogP contribution >= 0.6 is 11.6 Å². The highest BCUT2D eigenvalue weighted by atomic mass is 35.5. The number of methoxy groups -OCH3 is 1. The van der Waals surface area contributed by atoms with E-state index >= 15 is 0 Å². The maximum atomic E-state index is 11.8. The third-order valence-corrected chi connectivity index (χ3v) is 3.11. The number of rotatable bonds is 5. The summed E-state index contributed by atoms with van der Waals surface area (Å²) in [5, 5.41) is 12.8. The highest BCUT2D eigenvalue weighted by Gasteiger charge is 2.23. The number of phenolic OH excluding ortho intramolecular Hbond substituents is 1. The van der Waals surface area contributed by atoms with Gasteiger partial charge in [-0.15, -0.1) is 0 Å². The first kappa shape index (κ1) is 14.8. The van der Waals surface area contributed by atoms with Gasteiger partial charge >= 0.3 is 5.97 Å². The fourth-order valence-corrected chi connectivity index (χ4v) is 1.71. The topological polar surface area (TPSA) is 58.6 Å². The summed E-state index contributed by atoms with van der Waals surface area (Å²) in [6.45, 7) is 4.01. The van der Waals surface area contributed by atoms with E-state index in [4.69, 9.17) is 16.3 Å². The summed E-state index contributed by atoms with van der Waals surface area (Å²) in [5.74, 6) is -0.385. The van der Waals surface area contributed by atoms with Gasteiger partial charge in [0, 0.05) is 6.04 Å². The van der Waals surface area contributed by atoms with Gasteiger partial charge in [-0.1, -0.05) is 24.6 Å². The lowest BCUT2D eigenvalue weighted by molar-refractivity contribution is -0.143. The van der Waals surface area contributed by atoms with E-state index in [0.29, 0.717) is 5.56 Å². The van der Waals surface area contributed by atoms with Crippen LogP contribution in [0.1, 0.15) is 31.9 Å². The van der Waals surface area contributed by atoms with E-state index in [1.165, 1.54) is 13.2 Å². The molecule has 0 saturated heterocycles. The van der Waals surface area contributed by atoms with Gasteiger partial charge in [0.2, 0.25) is 0 Å². The normalized spacial score (nSPS) is 14.0. The fraction of sp³-hybridized carbons (Fsp3) is 0.462. The van der Waals surface area contributed by atoms with Gasteiger partial charge in [-0.2, -0.15) is 0 Å². The maximum absolute atomic E-state index is 11.8. The molecule has 4 nitrogen and oxygen atoms in total.